The number of sulfonamides is 1. The molecule has 1 aliphatic heterocycles. The van der Waals surface area contributed by atoms with E-state index in [2.05, 4.69) is 30.7 Å². The lowest BCUT2D eigenvalue weighted by molar-refractivity contribution is -0.138. The molecule has 2 aromatic carbocycles. The smallest absolute Gasteiger partial charge is 0.303 e. The summed E-state index contributed by atoms with van der Waals surface area (Å²) in [6.07, 6.45) is 1.57. The number of amides is 1. The van der Waals surface area contributed by atoms with Crippen LogP contribution in [0.3, 0.4) is 0 Å². The van der Waals surface area contributed by atoms with Crippen molar-refractivity contribution in [2.75, 3.05) is 29.4 Å². The van der Waals surface area contributed by atoms with Gasteiger partial charge in [-0.25, -0.2) is 13.4 Å². The topological polar surface area (TPSA) is 131 Å². The van der Waals surface area contributed by atoms with Crippen molar-refractivity contribution >= 4 is 44.3 Å². The Hall–Kier alpha value is -3.44. The van der Waals surface area contributed by atoms with E-state index in [1.165, 1.54) is 28.6 Å². The molecular formula is C29H38N4O6S. The van der Waals surface area contributed by atoms with Crippen LogP contribution in [0.1, 0.15) is 59.2 Å². The van der Waals surface area contributed by atoms with Crippen LogP contribution in [-0.2, 0) is 36.3 Å². The lowest BCUT2D eigenvalue weighted by Crippen LogP contribution is -2.30. The molecule has 0 unspecified atom stereocenters. The second-order valence-electron chi connectivity index (χ2n) is 11.2. The molecule has 0 aliphatic carbocycles. The summed E-state index contributed by atoms with van der Waals surface area (Å²) >= 11 is 0. The van der Waals surface area contributed by atoms with Crippen LogP contribution >= 0.6 is 0 Å². The van der Waals surface area contributed by atoms with E-state index in [9.17, 15) is 18.0 Å². The quantitative estimate of drug-likeness (QED) is 0.359. The molecule has 1 saturated heterocycles. The van der Waals surface area contributed by atoms with Crippen molar-refractivity contribution in [3.05, 3.63) is 48.3 Å². The Morgan fingerprint density at radius 3 is 2.38 bits per heavy atom. The minimum Gasteiger partial charge on any atom is -0.481 e. The number of hydrogen-bond donors (Lipinski definition) is 2. The summed E-state index contributed by atoms with van der Waals surface area (Å²) in [7, 11) is -3.90. The largest absolute Gasteiger partial charge is 0.481 e. The van der Waals surface area contributed by atoms with E-state index >= 15 is 0 Å². The van der Waals surface area contributed by atoms with Crippen LogP contribution in [0.4, 0.5) is 11.4 Å². The van der Waals surface area contributed by atoms with E-state index in [-0.39, 0.29) is 29.7 Å². The summed E-state index contributed by atoms with van der Waals surface area (Å²) in [5, 5.41) is 11.3. The highest BCUT2D eigenvalue weighted by molar-refractivity contribution is 7.92. The molecule has 3 aromatic rings. The molecule has 0 bridgehead atoms. The maximum atomic E-state index is 13.6. The van der Waals surface area contributed by atoms with Gasteiger partial charge in [0.25, 0.3) is 10.0 Å². The molecule has 1 aromatic heterocycles. The Balaban J connectivity index is 1.61. The highest BCUT2D eigenvalue weighted by Gasteiger charge is 2.28. The van der Waals surface area contributed by atoms with Crippen molar-refractivity contribution in [3.63, 3.8) is 0 Å². The predicted octanol–water partition coefficient (Wildman–Crippen LogP) is 4.78. The first-order valence-electron chi connectivity index (χ1n) is 13.6. The number of carbonyl (C=O) groups excluding carboxylic acids is 1. The molecule has 1 aliphatic rings. The molecule has 4 rings (SSSR count). The molecule has 2 N–H and O–H groups in total. The fourth-order valence-electron chi connectivity index (χ4n) is 4.99. The van der Waals surface area contributed by atoms with Crippen molar-refractivity contribution in [1.82, 2.24) is 9.55 Å². The van der Waals surface area contributed by atoms with Gasteiger partial charge < -0.3 is 19.7 Å². The van der Waals surface area contributed by atoms with E-state index in [4.69, 9.17) is 14.8 Å². The molecule has 216 valence electrons. The van der Waals surface area contributed by atoms with Crippen LogP contribution in [0.2, 0.25) is 0 Å². The fourth-order valence-corrected chi connectivity index (χ4v) is 6.46. The molecule has 0 saturated carbocycles. The first-order valence-corrected chi connectivity index (χ1v) is 15.1. The van der Waals surface area contributed by atoms with Crippen molar-refractivity contribution in [2.45, 2.75) is 70.2 Å². The van der Waals surface area contributed by atoms with Gasteiger partial charge in [0, 0.05) is 43.8 Å². The molecule has 1 fully saturated rings. The van der Waals surface area contributed by atoms with Crippen molar-refractivity contribution in [2.24, 2.45) is 5.92 Å². The summed E-state index contributed by atoms with van der Waals surface area (Å²) in [6, 6.07) is 11.5. The highest BCUT2D eigenvalue weighted by atomic mass is 32.2. The lowest BCUT2D eigenvalue weighted by atomic mass is 9.94. The number of nitrogens with zero attached hydrogens (tertiary/aromatic N) is 3. The van der Waals surface area contributed by atoms with Gasteiger partial charge in [-0.05, 0) is 68.1 Å². The van der Waals surface area contributed by atoms with Gasteiger partial charge in [0.1, 0.15) is 5.82 Å². The maximum Gasteiger partial charge on any atom is 0.303 e. The number of hydrogen-bond acceptors (Lipinski definition) is 6. The number of carboxylic acid groups (broad SMARTS) is 1. The Morgan fingerprint density at radius 1 is 1.10 bits per heavy atom. The molecule has 1 amide bonds. The molecule has 0 spiro atoms. The maximum absolute atomic E-state index is 13.6. The number of anilines is 2. The van der Waals surface area contributed by atoms with Crippen LogP contribution in [0.25, 0.3) is 11.0 Å². The van der Waals surface area contributed by atoms with Gasteiger partial charge in [0.05, 0.1) is 28.0 Å². The zero-order chi connectivity index (χ0) is 29.1. The number of fused-ring (bicyclic) bond motifs is 1. The van der Waals surface area contributed by atoms with Crippen LogP contribution < -0.4 is 9.62 Å². The number of carbonyl (C=O) groups is 2. The van der Waals surface area contributed by atoms with Crippen molar-refractivity contribution in [3.8, 4) is 0 Å². The third-order valence-corrected chi connectivity index (χ3v) is 8.97. The van der Waals surface area contributed by atoms with Crippen molar-refractivity contribution < 1.29 is 27.9 Å². The average Bonchev–Trinajstić information content (AvgIpc) is 3.27. The molecular weight excluding hydrogens is 532 g/mol. The summed E-state index contributed by atoms with van der Waals surface area (Å²) < 4.78 is 36.5. The van der Waals surface area contributed by atoms with Crippen LogP contribution in [-0.4, -0.2) is 54.7 Å². The molecule has 11 heteroatoms. The number of carboxylic acids is 1. The minimum absolute atomic E-state index is 0.0819. The Labute approximate surface area is 235 Å². The first kappa shape index (κ1) is 29.5. The third kappa shape index (κ3) is 6.64. The highest BCUT2D eigenvalue weighted by Crippen LogP contribution is 2.33. The number of rotatable bonds is 10. The summed E-state index contributed by atoms with van der Waals surface area (Å²) in [6.45, 7) is 10.8. The number of nitrogens with one attached hydrogen (secondary N) is 1. The SMILES string of the molecule is CCN(c1ccc2c(c1)nc(C(C)(C)C)n2CC1CCOCC1)S(=O)(=O)c1ccc(NC(=O)CCC(=O)O)cc1. The number of imidazole rings is 1. The van der Waals surface area contributed by atoms with E-state index < -0.39 is 21.9 Å². The number of benzene rings is 2. The molecule has 2 heterocycles. The Morgan fingerprint density at radius 2 is 1.77 bits per heavy atom. The van der Waals surface area contributed by atoms with Gasteiger partial charge in [-0.1, -0.05) is 20.8 Å². The second-order valence-corrected chi connectivity index (χ2v) is 13.0. The van der Waals surface area contributed by atoms with Gasteiger partial charge in [0.2, 0.25) is 5.91 Å². The van der Waals surface area contributed by atoms with Gasteiger partial charge in [0.15, 0.2) is 0 Å². The minimum atomic E-state index is -3.90. The first-order chi connectivity index (χ1) is 18.9. The second kappa shape index (κ2) is 12.0. The molecule has 40 heavy (non-hydrogen) atoms. The molecule has 0 radical (unpaired) electrons. The summed E-state index contributed by atoms with van der Waals surface area (Å²) in [5.41, 5.74) is 2.46. The summed E-state index contributed by atoms with van der Waals surface area (Å²) in [4.78, 5) is 27.7. The molecule has 10 nitrogen and oxygen atoms in total. The van der Waals surface area contributed by atoms with Crippen LogP contribution in [0.5, 0.6) is 0 Å². The zero-order valence-electron chi connectivity index (χ0n) is 23.5. The standard InChI is InChI=1S/C29H38N4O6S/c1-5-33(40(37,38)23-9-6-21(7-10-23)30-26(34)12-13-27(35)36)22-8-11-25-24(18-22)31-28(29(2,3)4)32(25)19-20-14-16-39-17-15-20/h6-11,18,20H,5,12-17,19H2,1-4H3,(H,30,34)(H,35,36). The average molecular weight is 571 g/mol. The fraction of sp³-hybridized carbons (Fsp3) is 0.483. The number of aromatic nitrogens is 2. The normalized spacial score (nSPS) is 14.8. The van der Waals surface area contributed by atoms with E-state index in [1.807, 2.05) is 18.2 Å². The van der Waals surface area contributed by atoms with E-state index in [0.717, 1.165) is 49.5 Å². The van der Waals surface area contributed by atoms with Gasteiger partial charge >= 0.3 is 5.97 Å². The van der Waals surface area contributed by atoms with E-state index in [0.29, 0.717) is 17.3 Å². The number of aliphatic carboxylic acids is 1. The predicted molar refractivity (Wildman–Crippen MR) is 154 cm³/mol. The summed E-state index contributed by atoms with van der Waals surface area (Å²) in [5.74, 6) is -0.0371. The van der Waals surface area contributed by atoms with Crippen LogP contribution in [0.15, 0.2) is 47.4 Å². The Bertz CT molecular complexity index is 1470. The molecule has 0 atom stereocenters. The zero-order valence-corrected chi connectivity index (χ0v) is 24.3. The Kier molecular flexibility index (Phi) is 8.84. The van der Waals surface area contributed by atoms with Gasteiger partial charge in [-0.3, -0.25) is 13.9 Å². The number of ether oxygens (including phenoxy) is 1. The van der Waals surface area contributed by atoms with E-state index in [1.54, 1.807) is 6.92 Å². The lowest BCUT2D eigenvalue weighted by Gasteiger charge is -2.26. The van der Waals surface area contributed by atoms with Crippen LogP contribution in [0, 0.1) is 5.92 Å². The van der Waals surface area contributed by atoms with Gasteiger partial charge in [-0.15, -0.1) is 0 Å². The monoisotopic (exact) mass is 570 g/mol. The third-order valence-electron chi connectivity index (χ3n) is 7.05. The van der Waals surface area contributed by atoms with Gasteiger partial charge in [-0.2, -0.15) is 0 Å². The van der Waals surface area contributed by atoms with Crippen molar-refractivity contribution in [1.29, 1.82) is 0 Å².